The Bertz CT molecular complexity index is 798. The number of allylic oxidation sites excluding steroid dienone is 3. The normalized spacial score (nSPS) is 18.1. The van der Waals surface area contributed by atoms with E-state index in [9.17, 15) is 13.2 Å². The van der Waals surface area contributed by atoms with Crippen LogP contribution in [0.25, 0.3) is 0 Å². The van der Waals surface area contributed by atoms with E-state index in [0.29, 0.717) is 11.1 Å². The molecule has 6 heteroatoms. The van der Waals surface area contributed by atoms with Crippen LogP contribution in [0.3, 0.4) is 0 Å². The first kappa shape index (κ1) is 15.2. The molecule has 0 saturated carbocycles. The van der Waals surface area contributed by atoms with Crippen LogP contribution in [-0.2, 0) is 14.8 Å². The number of hydrogen-bond acceptors (Lipinski definition) is 4. The second kappa shape index (κ2) is 5.29. The Morgan fingerprint density at radius 2 is 1.57 bits per heavy atom. The van der Waals surface area contributed by atoms with Crippen molar-refractivity contribution in [3.05, 3.63) is 52.7 Å². The van der Waals surface area contributed by atoms with Crippen molar-refractivity contribution in [2.24, 2.45) is 10.1 Å². The van der Waals surface area contributed by atoms with Crippen LogP contribution < -0.4 is 5.73 Å². The summed E-state index contributed by atoms with van der Waals surface area (Å²) in [6.07, 6.45) is 1.30. The lowest BCUT2D eigenvalue weighted by atomic mass is 9.95. The summed E-state index contributed by atoms with van der Waals surface area (Å²) < 4.78 is 28.4. The summed E-state index contributed by atoms with van der Waals surface area (Å²) in [5.74, 6) is -0.292. The first-order chi connectivity index (χ1) is 9.72. The lowest BCUT2D eigenvalue weighted by molar-refractivity contribution is -0.112. The van der Waals surface area contributed by atoms with E-state index in [-0.39, 0.29) is 22.1 Å². The molecule has 0 unspecified atom stereocenters. The van der Waals surface area contributed by atoms with Gasteiger partial charge in [0, 0.05) is 5.57 Å². The summed E-state index contributed by atoms with van der Waals surface area (Å²) >= 11 is 0. The molecule has 0 bridgehead atoms. The number of carbonyl (C=O) groups excluding carboxylic acids is 1. The molecule has 1 aromatic rings. The average molecular weight is 304 g/mol. The number of Topliss-reactive ketones (excluding diaryl/α,β-unsaturated/α-hetero) is 1. The minimum Gasteiger partial charge on any atom is -0.395 e. The summed E-state index contributed by atoms with van der Waals surface area (Å²) in [5, 5.41) is 0. The molecular weight excluding hydrogens is 288 g/mol. The maximum absolute atomic E-state index is 12.3. The monoisotopic (exact) mass is 304 g/mol. The van der Waals surface area contributed by atoms with Gasteiger partial charge in [-0.3, -0.25) is 4.79 Å². The van der Waals surface area contributed by atoms with E-state index in [1.165, 1.54) is 18.2 Å². The van der Waals surface area contributed by atoms with Gasteiger partial charge in [0.2, 0.25) is 5.78 Å². The molecule has 2 rings (SSSR count). The van der Waals surface area contributed by atoms with E-state index in [1.54, 1.807) is 26.0 Å². The van der Waals surface area contributed by atoms with Crippen LogP contribution in [0.15, 0.2) is 56.5 Å². The van der Waals surface area contributed by atoms with Gasteiger partial charge in [-0.1, -0.05) is 17.7 Å². The molecule has 0 aromatic heterocycles. The van der Waals surface area contributed by atoms with Crippen molar-refractivity contribution in [2.75, 3.05) is 0 Å². The van der Waals surface area contributed by atoms with Gasteiger partial charge in [0.05, 0.1) is 16.3 Å². The van der Waals surface area contributed by atoms with Crippen LogP contribution in [0.2, 0.25) is 0 Å². The van der Waals surface area contributed by atoms with Gasteiger partial charge in [-0.2, -0.15) is 12.8 Å². The summed E-state index contributed by atoms with van der Waals surface area (Å²) in [7, 11) is -3.83. The molecule has 0 aliphatic heterocycles. The third kappa shape index (κ3) is 2.95. The van der Waals surface area contributed by atoms with Crippen molar-refractivity contribution in [1.82, 2.24) is 0 Å². The molecule has 0 heterocycles. The molecule has 5 nitrogen and oxygen atoms in total. The third-order valence-electron chi connectivity index (χ3n) is 3.38. The van der Waals surface area contributed by atoms with Crippen LogP contribution in [0.4, 0.5) is 0 Å². The number of carbonyl (C=O) groups is 1. The van der Waals surface area contributed by atoms with Gasteiger partial charge in [0.1, 0.15) is 0 Å². The number of nitrogens with zero attached hydrogens (tertiary/aromatic N) is 1. The molecule has 1 aliphatic carbocycles. The van der Waals surface area contributed by atoms with Gasteiger partial charge in [-0.05, 0) is 44.6 Å². The lowest BCUT2D eigenvalue weighted by Crippen LogP contribution is -2.22. The fourth-order valence-corrected chi connectivity index (χ4v) is 2.92. The van der Waals surface area contributed by atoms with E-state index in [2.05, 4.69) is 4.40 Å². The van der Waals surface area contributed by atoms with Gasteiger partial charge in [-0.25, -0.2) is 0 Å². The highest BCUT2D eigenvalue weighted by molar-refractivity contribution is 7.90. The molecule has 0 saturated heterocycles. The molecule has 0 amide bonds. The summed E-state index contributed by atoms with van der Waals surface area (Å²) in [6, 6.07) is 6.41. The third-order valence-corrected chi connectivity index (χ3v) is 4.68. The van der Waals surface area contributed by atoms with Crippen LogP contribution in [0.1, 0.15) is 19.4 Å². The van der Waals surface area contributed by atoms with Gasteiger partial charge in [0.25, 0.3) is 10.0 Å². The molecule has 0 spiro atoms. The van der Waals surface area contributed by atoms with E-state index in [4.69, 9.17) is 5.73 Å². The number of ketones is 1. The van der Waals surface area contributed by atoms with E-state index < -0.39 is 10.0 Å². The summed E-state index contributed by atoms with van der Waals surface area (Å²) in [6.45, 7) is 5.12. The molecule has 1 aromatic carbocycles. The Morgan fingerprint density at radius 3 is 2.14 bits per heavy atom. The number of hydrogen-bond donors (Lipinski definition) is 1. The zero-order valence-corrected chi connectivity index (χ0v) is 12.9. The second-order valence-electron chi connectivity index (χ2n) is 4.94. The molecule has 0 fully saturated rings. The highest BCUT2D eigenvalue weighted by Gasteiger charge is 2.22. The van der Waals surface area contributed by atoms with Gasteiger partial charge < -0.3 is 5.73 Å². The first-order valence-electron chi connectivity index (χ1n) is 6.34. The fourth-order valence-electron chi connectivity index (χ4n) is 1.89. The SMILES string of the molecule is CC1=C(C)C(=NS(=O)(=O)c2ccc(C)cc2)C=C(N)C1=O. The van der Waals surface area contributed by atoms with Gasteiger partial charge in [-0.15, -0.1) is 0 Å². The predicted molar refractivity (Wildman–Crippen MR) is 81.5 cm³/mol. The maximum atomic E-state index is 12.3. The Kier molecular flexibility index (Phi) is 3.82. The first-order valence-corrected chi connectivity index (χ1v) is 7.78. The zero-order valence-electron chi connectivity index (χ0n) is 12.0. The van der Waals surface area contributed by atoms with Crippen molar-refractivity contribution in [3.8, 4) is 0 Å². The molecule has 2 N–H and O–H groups in total. The highest BCUT2D eigenvalue weighted by atomic mass is 32.2. The number of rotatable bonds is 2. The predicted octanol–water partition coefficient (Wildman–Crippen LogP) is 1.89. The zero-order chi connectivity index (χ0) is 15.8. The topological polar surface area (TPSA) is 89.6 Å². The van der Waals surface area contributed by atoms with E-state index in [1.807, 2.05) is 6.92 Å². The molecular formula is C15H16N2O3S. The Labute approximate surface area is 123 Å². The van der Waals surface area contributed by atoms with Crippen LogP contribution >= 0.6 is 0 Å². The Balaban J connectivity index is 2.52. The number of benzene rings is 1. The van der Waals surface area contributed by atoms with Gasteiger partial charge >= 0.3 is 0 Å². The molecule has 21 heavy (non-hydrogen) atoms. The quantitative estimate of drug-likeness (QED) is 0.845. The van der Waals surface area contributed by atoms with Crippen molar-refractivity contribution in [2.45, 2.75) is 25.7 Å². The number of nitrogens with two attached hydrogens (primary N) is 1. The summed E-state index contributed by atoms with van der Waals surface area (Å²) in [5.41, 5.74) is 7.68. The molecule has 110 valence electrons. The summed E-state index contributed by atoms with van der Waals surface area (Å²) in [4.78, 5) is 11.8. The van der Waals surface area contributed by atoms with Crippen molar-refractivity contribution in [3.63, 3.8) is 0 Å². The molecule has 0 radical (unpaired) electrons. The molecule has 0 atom stereocenters. The van der Waals surface area contributed by atoms with Crippen LogP contribution in [0, 0.1) is 6.92 Å². The van der Waals surface area contributed by atoms with Crippen molar-refractivity contribution < 1.29 is 13.2 Å². The standard InChI is InChI=1S/C15H16N2O3S/c1-9-4-6-12(7-5-9)21(19,20)17-14-8-13(16)15(18)11(3)10(14)2/h4-8H,16H2,1-3H3. The van der Waals surface area contributed by atoms with Crippen LogP contribution in [-0.4, -0.2) is 19.9 Å². The lowest BCUT2D eigenvalue weighted by Gasteiger charge is -2.14. The maximum Gasteiger partial charge on any atom is 0.282 e. The molecule has 1 aliphatic rings. The van der Waals surface area contributed by atoms with Gasteiger partial charge in [0.15, 0.2) is 0 Å². The van der Waals surface area contributed by atoms with Crippen molar-refractivity contribution in [1.29, 1.82) is 0 Å². The van der Waals surface area contributed by atoms with Crippen molar-refractivity contribution >= 4 is 21.5 Å². The Morgan fingerprint density at radius 1 is 1.00 bits per heavy atom. The largest absolute Gasteiger partial charge is 0.395 e. The van der Waals surface area contributed by atoms with E-state index >= 15 is 0 Å². The van der Waals surface area contributed by atoms with Crippen LogP contribution in [0.5, 0.6) is 0 Å². The highest BCUT2D eigenvalue weighted by Crippen LogP contribution is 2.20. The number of sulfonamides is 1. The average Bonchev–Trinajstić information content (AvgIpc) is 2.42. The van der Waals surface area contributed by atoms with E-state index in [0.717, 1.165) is 5.56 Å². The minimum atomic E-state index is -3.83. The smallest absolute Gasteiger partial charge is 0.282 e. The fraction of sp³-hybridized carbons (Fsp3) is 0.200. The minimum absolute atomic E-state index is 0.00374. The number of aryl methyl sites for hydroxylation is 1. The Hall–Kier alpha value is -2.21. The second-order valence-corrected chi connectivity index (χ2v) is 6.55.